The van der Waals surface area contributed by atoms with E-state index < -0.39 is 0 Å². The van der Waals surface area contributed by atoms with Crippen molar-refractivity contribution in [2.24, 2.45) is 0 Å². The van der Waals surface area contributed by atoms with Gasteiger partial charge in [-0.1, -0.05) is 55.0 Å². The van der Waals surface area contributed by atoms with Crippen LogP contribution in [-0.4, -0.2) is 23.3 Å². The average molecular weight is 330 g/mol. The van der Waals surface area contributed by atoms with Gasteiger partial charge in [0.2, 0.25) is 0 Å². The predicted octanol–water partition coefficient (Wildman–Crippen LogP) is 5.23. The topological polar surface area (TPSA) is 16.4 Å². The van der Waals surface area contributed by atoms with E-state index in [2.05, 4.69) is 33.8 Å². The van der Waals surface area contributed by atoms with E-state index in [4.69, 9.17) is 4.42 Å². The van der Waals surface area contributed by atoms with Crippen molar-refractivity contribution in [3.05, 3.63) is 24.2 Å². The first-order valence-electron chi connectivity index (χ1n) is 7.67. The quantitative estimate of drug-likeness (QED) is 0.385. The van der Waals surface area contributed by atoms with Gasteiger partial charge in [-0.3, -0.25) is 4.90 Å². The van der Waals surface area contributed by atoms with Gasteiger partial charge in [-0.25, -0.2) is 0 Å². The van der Waals surface area contributed by atoms with Crippen molar-refractivity contribution in [2.45, 2.75) is 58.4 Å². The van der Waals surface area contributed by atoms with Crippen molar-refractivity contribution in [3.8, 4) is 0 Å². The number of alkyl halides is 1. The second-order valence-electron chi connectivity index (χ2n) is 5.11. The number of nitrogens with zero attached hydrogens (tertiary/aromatic N) is 1. The second-order valence-corrected chi connectivity index (χ2v) is 5.90. The molecule has 3 heteroatoms. The molecule has 110 valence electrons. The fourth-order valence-electron chi connectivity index (χ4n) is 2.29. The Morgan fingerprint density at radius 1 is 1.05 bits per heavy atom. The minimum absolute atomic E-state index is 0.953. The molecule has 0 aliphatic heterocycles. The van der Waals surface area contributed by atoms with Gasteiger partial charge in [0.1, 0.15) is 5.76 Å². The molecule has 2 nitrogen and oxygen atoms in total. The molecule has 0 amide bonds. The van der Waals surface area contributed by atoms with Crippen LogP contribution in [-0.2, 0) is 6.54 Å². The largest absolute Gasteiger partial charge is 0.468 e. The Hall–Kier alpha value is -0.280. The van der Waals surface area contributed by atoms with Crippen molar-refractivity contribution < 1.29 is 4.42 Å². The average Bonchev–Trinajstić information content (AvgIpc) is 2.93. The maximum absolute atomic E-state index is 5.40. The van der Waals surface area contributed by atoms with Gasteiger partial charge in [-0.05, 0) is 38.1 Å². The summed E-state index contributed by atoms with van der Waals surface area (Å²) in [6, 6.07) is 4.03. The molecule has 0 fully saturated rings. The van der Waals surface area contributed by atoms with Gasteiger partial charge >= 0.3 is 0 Å². The van der Waals surface area contributed by atoms with E-state index in [-0.39, 0.29) is 0 Å². The Bertz CT molecular complexity index is 287. The summed E-state index contributed by atoms with van der Waals surface area (Å²) >= 11 is 3.48. The van der Waals surface area contributed by atoms with Crippen LogP contribution in [0.25, 0.3) is 0 Å². The van der Waals surface area contributed by atoms with E-state index in [9.17, 15) is 0 Å². The first-order chi connectivity index (χ1) is 9.36. The number of unbranched alkanes of at least 4 members (excludes halogenated alkanes) is 6. The number of furan rings is 1. The molecule has 0 spiro atoms. The molecule has 1 rings (SSSR count). The van der Waals surface area contributed by atoms with Crippen molar-refractivity contribution in [1.29, 1.82) is 0 Å². The fraction of sp³-hybridized carbons (Fsp3) is 0.750. The second kappa shape index (κ2) is 11.5. The summed E-state index contributed by atoms with van der Waals surface area (Å²) in [6.07, 6.45) is 11.3. The van der Waals surface area contributed by atoms with Crippen LogP contribution >= 0.6 is 15.9 Å². The highest BCUT2D eigenvalue weighted by Gasteiger charge is 2.05. The lowest BCUT2D eigenvalue weighted by atomic mass is 10.1. The molecule has 0 saturated heterocycles. The highest BCUT2D eigenvalue weighted by atomic mass is 79.9. The van der Waals surface area contributed by atoms with Crippen LogP contribution in [0.5, 0.6) is 0 Å². The molecule has 0 aliphatic rings. The van der Waals surface area contributed by atoms with Crippen LogP contribution in [0.4, 0.5) is 0 Å². The monoisotopic (exact) mass is 329 g/mol. The zero-order valence-electron chi connectivity index (χ0n) is 12.2. The molecule has 1 aromatic heterocycles. The smallest absolute Gasteiger partial charge is 0.117 e. The van der Waals surface area contributed by atoms with Gasteiger partial charge in [0.15, 0.2) is 0 Å². The van der Waals surface area contributed by atoms with E-state index in [0.717, 1.165) is 24.2 Å². The molecule has 0 bridgehead atoms. The lowest BCUT2D eigenvalue weighted by molar-refractivity contribution is 0.250. The van der Waals surface area contributed by atoms with E-state index in [1.807, 2.05) is 6.07 Å². The third-order valence-corrected chi connectivity index (χ3v) is 4.08. The number of hydrogen-bond acceptors (Lipinski definition) is 2. The lowest BCUT2D eigenvalue weighted by Gasteiger charge is -2.18. The Balaban J connectivity index is 1.97. The van der Waals surface area contributed by atoms with Gasteiger partial charge in [-0.2, -0.15) is 0 Å². The molecule has 0 saturated carbocycles. The Morgan fingerprint density at radius 2 is 1.74 bits per heavy atom. The summed E-state index contributed by atoms with van der Waals surface area (Å²) in [5, 5.41) is 1.16. The first kappa shape index (κ1) is 16.8. The minimum atomic E-state index is 0.953. The highest BCUT2D eigenvalue weighted by Crippen LogP contribution is 2.10. The molecule has 0 radical (unpaired) electrons. The van der Waals surface area contributed by atoms with Crippen molar-refractivity contribution >= 4 is 15.9 Å². The number of halogens is 1. The Labute approximate surface area is 126 Å². The normalized spacial score (nSPS) is 11.3. The highest BCUT2D eigenvalue weighted by molar-refractivity contribution is 9.09. The van der Waals surface area contributed by atoms with E-state index in [0.29, 0.717) is 0 Å². The summed E-state index contributed by atoms with van der Waals surface area (Å²) in [7, 11) is 0. The molecule has 0 aromatic carbocycles. The summed E-state index contributed by atoms with van der Waals surface area (Å²) in [5.74, 6) is 1.08. The number of rotatable bonds is 12. The van der Waals surface area contributed by atoms with E-state index in [1.165, 1.54) is 51.5 Å². The molecular weight excluding hydrogens is 302 g/mol. The lowest BCUT2D eigenvalue weighted by Crippen LogP contribution is -2.23. The molecule has 0 N–H and O–H groups in total. The van der Waals surface area contributed by atoms with E-state index >= 15 is 0 Å². The van der Waals surface area contributed by atoms with Crippen LogP contribution in [0.3, 0.4) is 0 Å². The summed E-state index contributed by atoms with van der Waals surface area (Å²) < 4.78 is 5.40. The zero-order chi connectivity index (χ0) is 13.8. The number of hydrogen-bond donors (Lipinski definition) is 0. The Morgan fingerprint density at radius 3 is 2.32 bits per heavy atom. The van der Waals surface area contributed by atoms with Gasteiger partial charge in [0.25, 0.3) is 0 Å². The summed E-state index contributed by atoms with van der Waals surface area (Å²) in [5.41, 5.74) is 0. The molecule has 1 heterocycles. The van der Waals surface area contributed by atoms with Crippen LogP contribution in [0, 0.1) is 0 Å². The summed E-state index contributed by atoms with van der Waals surface area (Å²) in [6.45, 7) is 5.47. The zero-order valence-corrected chi connectivity index (χ0v) is 13.8. The molecular formula is C16H28BrNO. The van der Waals surface area contributed by atoms with Crippen LogP contribution in [0.1, 0.15) is 57.6 Å². The molecule has 1 aromatic rings. The third kappa shape index (κ3) is 8.48. The fourth-order valence-corrected chi connectivity index (χ4v) is 2.68. The SMILES string of the molecule is CCN(CCCCCCCCCBr)Cc1ccco1. The Kier molecular flexibility index (Phi) is 10.2. The van der Waals surface area contributed by atoms with Gasteiger partial charge in [0.05, 0.1) is 12.8 Å². The minimum Gasteiger partial charge on any atom is -0.468 e. The molecule has 0 unspecified atom stereocenters. The maximum atomic E-state index is 5.40. The van der Waals surface area contributed by atoms with Gasteiger partial charge in [0, 0.05) is 5.33 Å². The summed E-state index contributed by atoms with van der Waals surface area (Å²) in [4.78, 5) is 2.46. The predicted molar refractivity (Wildman–Crippen MR) is 85.8 cm³/mol. The first-order valence-corrected chi connectivity index (χ1v) is 8.79. The van der Waals surface area contributed by atoms with Crippen LogP contribution < -0.4 is 0 Å². The van der Waals surface area contributed by atoms with Crippen molar-refractivity contribution in [1.82, 2.24) is 4.90 Å². The van der Waals surface area contributed by atoms with Crippen molar-refractivity contribution in [3.63, 3.8) is 0 Å². The molecule has 19 heavy (non-hydrogen) atoms. The maximum Gasteiger partial charge on any atom is 0.117 e. The third-order valence-electron chi connectivity index (χ3n) is 3.51. The van der Waals surface area contributed by atoms with Crippen LogP contribution in [0.15, 0.2) is 22.8 Å². The standard InChI is InChI=1S/C16H28BrNO/c1-2-18(15-16-11-10-14-19-16)13-9-7-5-3-4-6-8-12-17/h10-11,14H,2-9,12-13,15H2,1H3. The van der Waals surface area contributed by atoms with E-state index in [1.54, 1.807) is 6.26 Å². The molecule has 0 aliphatic carbocycles. The van der Waals surface area contributed by atoms with Crippen LogP contribution in [0.2, 0.25) is 0 Å². The molecule has 0 atom stereocenters. The van der Waals surface area contributed by atoms with Gasteiger partial charge in [-0.15, -0.1) is 0 Å². The van der Waals surface area contributed by atoms with Gasteiger partial charge < -0.3 is 4.42 Å². The van der Waals surface area contributed by atoms with Crippen molar-refractivity contribution in [2.75, 3.05) is 18.4 Å².